The number of ketones is 1. The molecule has 7 nitrogen and oxygen atoms in total. The first kappa shape index (κ1) is 21.0. The van der Waals surface area contributed by atoms with Crippen LogP contribution in [0.5, 0.6) is 23.0 Å². The van der Waals surface area contributed by atoms with E-state index < -0.39 is 11.5 Å². The molecule has 0 spiro atoms. The summed E-state index contributed by atoms with van der Waals surface area (Å²) in [7, 11) is 4.43. The Morgan fingerprint density at radius 1 is 1.10 bits per heavy atom. The summed E-state index contributed by atoms with van der Waals surface area (Å²) in [6.07, 6.45) is 0.274. The van der Waals surface area contributed by atoms with E-state index in [2.05, 4.69) is 21.2 Å². The van der Waals surface area contributed by atoms with Crippen LogP contribution in [0.3, 0.4) is 0 Å². The van der Waals surface area contributed by atoms with Gasteiger partial charge in [0.15, 0.2) is 17.3 Å². The number of hydrogen-bond donors (Lipinski definition) is 1. The Balaban J connectivity index is 1.94. The Hall–Kier alpha value is -2.74. The number of amides is 1. The fourth-order valence-corrected chi connectivity index (χ4v) is 3.85. The van der Waals surface area contributed by atoms with Crippen molar-refractivity contribution in [3.8, 4) is 23.0 Å². The molecule has 1 aliphatic heterocycles. The van der Waals surface area contributed by atoms with Gasteiger partial charge in [0.05, 0.1) is 43.3 Å². The number of fused-ring (bicyclic) bond motifs is 1. The van der Waals surface area contributed by atoms with Gasteiger partial charge in [0, 0.05) is 5.69 Å². The lowest BCUT2D eigenvalue weighted by Crippen LogP contribution is -2.35. The van der Waals surface area contributed by atoms with E-state index >= 15 is 0 Å². The van der Waals surface area contributed by atoms with Crippen molar-refractivity contribution in [3.63, 3.8) is 0 Å². The van der Waals surface area contributed by atoms with Gasteiger partial charge in [-0.3, -0.25) is 9.59 Å². The number of halogens is 1. The summed E-state index contributed by atoms with van der Waals surface area (Å²) in [5, 5.41) is 2.80. The van der Waals surface area contributed by atoms with Crippen LogP contribution in [0.25, 0.3) is 0 Å². The molecule has 8 heteroatoms. The van der Waals surface area contributed by atoms with Crippen LogP contribution in [-0.4, -0.2) is 38.6 Å². The molecule has 2 aromatic carbocycles. The first-order chi connectivity index (χ1) is 13.7. The average Bonchev–Trinajstić information content (AvgIpc) is 2.67. The Kier molecular flexibility index (Phi) is 5.75. The van der Waals surface area contributed by atoms with Gasteiger partial charge >= 0.3 is 0 Å². The predicted molar refractivity (Wildman–Crippen MR) is 112 cm³/mol. The lowest BCUT2D eigenvalue weighted by Gasteiger charge is -2.31. The quantitative estimate of drug-likeness (QED) is 0.703. The second-order valence-electron chi connectivity index (χ2n) is 7.13. The molecule has 1 N–H and O–H groups in total. The third-order valence-electron chi connectivity index (χ3n) is 4.52. The minimum Gasteiger partial charge on any atom is -0.493 e. The molecule has 0 saturated carbocycles. The topological polar surface area (TPSA) is 83.1 Å². The zero-order valence-electron chi connectivity index (χ0n) is 16.8. The molecule has 0 saturated heterocycles. The molecule has 1 heterocycles. The fourth-order valence-electron chi connectivity index (χ4n) is 3.22. The van der Waals surface area contributed by atoms with Gasteiger partial charge in [0.2, 0.25) is 5.75 Å². The van der Waals surface area contributed by atoms with Crippen molar-refractivity contribution in [2.24, 2.45) is 0 Å². The zero-order valence-corrected chi connectivity index (χ0v) is 18.4. The van der Waals surface area contributed by atoms with E-state index in [-0.39, 0.29) is 12.2 Å². The highest BCUT2D eigenvalue weighted by Crippen LogP contribution is 2.45. The van der Waals surface area contributed by atoms with Crippen molar-refractivity contribution in [2.75, 3.05) is 26.6 Å². The molecule has 1 aliphatic rings. The molecule has 1 amide bonds. The lowest BCUT2D eigenvalue weighted by molar-refractivity contribution is 0.0620. The molecule has 154 valence electrons. The number of ether oxygens (including phenoxy) is 4. The second-order valence-corrected chi connectivity index (χ2v) is 7.93. The molecule has 0 aliphatic carbocycles. The van der Waals surface area contributed by atoms with Gasteiger partial charge in [-0.1, -0.05) is 0 Å². The first-order valence-corrected chi connectivity index (χ1v) is 9.66. The van der Waals surface area contributed by atoms with Gasteiger partial charge in [-0.05, 0) is 54.0 Å². The number of carbonyl (C=O) groups is 2. The standard InChI is InChI=1S/C21H22BrNO6/c1-21(2)10-14(24)12-8-11(6-7-15(12)29-21)23-20(25)13-9-16(26-3)18(27-4)19(28-5)17(13)22/h6-9H,10H2,1-5H3,(H,23,25). The highest BCUT2D eigenvalue weighted by molar-refractivity contribution is 9.10. The molecular formula is C21H22BrNO6. The fraction of sp³-hybridized carbons (Fsp3) is 0.333. The van der Waals surface area contributed by atoms with E-state index in [1.54, 1.807) is 24.3 Å². The van der Waals surface area contributed by atoms with Gasteiger partial charge in [-0.15, -0.1) is 0 Å². The smallest absolute Gasteiger partial charge is 0.257 e. The van der Waals surface area contributed by atoms with Crippen LogP contribution in [0, 0.1) is 0 Å². The van der Waals surface area contributed by atoms with E-state index in [0.717, 1.165) is 0 Å². The van der Waals surface area contributed by atoms with Crippen molar-refractivity contribution >= 4 is 33.3 Å². The largest absolute Gasteiger partial charge is 0.493 e. The van der Waals surface area contributed by atoms with E-state index in [1.807, 2.05) is 13.8 Å². The number of nitrogens with one attached hydrogen (secondary N) is 1. The highest BCUT2D eigenvalue weighted by Gasteiger charge is 2.32. The van der Waals surface area contributed by atoms with Crippen LogP contribution in [0.2, 0.25) is 0 Å². The minimum absolute atomic E-state index is 0.0266. The summed E-state index contributed by atoms with van der Waals surface area (Å²) >= 11 is 3.40. The summed E-state index contributed by atoms with van der Waals surface area (Å²) < 4.78 is 22.3. The molecule has 3 rings (SSSR count). The monoisotopic (exact) mass is 463 g/mol. The molecule has 2 aromatic rings. The zero-order chi connectivity index (χ0) is 21.3. The summed E-state index contributed by atoms with van der Waals surface area (Å²) in [6.45, 7) is 3.73. The van der Waals surface area contributed by atoms with E-state index in [9.17, 15) is 9.59 Å². The maximum absolute atomic E-state index is 12.9. The Morgan fingerprint density at radius 3 is 2.41 bits per heavy atom. The van der Waals surface area contributed by atoms with Gasteiger partial charge in [0.25, 0.3) is 5.91 Å². The van der Waals surface area contributed by atoms with Crippen LogP contribution < -0.4 is 24.3 Å². The average molecular weight is 464 g/mol. The lowest BCUT2D eigenvalue weighted by atomic mass is 9.93. The van der Waals surface area contributed by atoms with Crippen LogP contribution in [-0.2, 0) is 0 Å². The van der Waals surface area contributed by atoms with Crippen LogP contribution in [0.15, 0.2) is 28.7 Å². The van der Waals surface area contributed by atoms with Crippen LogP contribution in [0.4, 0.5) is 5.69 Å². The third-order valence-corrected chi connectivity index (χ3v) is 5.31. The predicted octanol–water partition coefficient (Wildman–Crippen LogP) is 4.47. The van der Waals surface area contributed by atoms with E-state index in [1.165, 1.54) is 21.3 Å². The number of anilines is 1. The number of methoxy groups -OCH3 is 3. The van der Waals surface area contributed by atoms with Crippen LogP contribution in [0.1, 0.15) is 41.0 Å². The first-order valence-electron chi connectivity index (χ1n) is 8.87. The van der Waals surface area contributed by atoms with Gasteiger partial charge < -0.3 is 24.3 Å². The molecule has 0 fully saturated rings. The SMILES string of the molecule is COc1cc(C(=O)Nc2ccc3c(c2)C(=O)CC(C)(C)O3)c(Br)c(OC)c1OC. The van der Waals surface area contributed by atoms with E-state index in [0.29, 0.717) is 44.3 Å². The van der Waals surface area contributed by atoms with Gasteiger partial charge in [-0.2, -0.15) is 0 Å². The highest BCUT2D eigenvalue weighted by atomic mass is 79.9. The number of rotatable bonds is 5. The molecule has 29 heavy (non-hydrogen) atoms. The molecule has 0 radical (unpaired) electrons. The summed E-state index contributed by atoms with van der Waals surface area (Å²) in [5.74, 6) is 1.15. The van der Waals surface area contributed by atoms with Gasteiger partial charge in [0.1, 0.15) is 11.4 Å². The normalized spacial score (nSPS) is 14.5. The Morgan fingerprint density at radius 2 is 1.79 bits per heavy atom. The van der Waals surface area contributed by atoms with Crippen LogP contribution >= 0.6 is 15.9 Å². The number of hydrogen-bond acceptors (Lipinski definition) is 6. The van der Waals surface area contributed by atoms with Crippen molar-refractivity contribution < 1.29 is 28.5 Å². The molecule has 0 aromatic heterocycles. The minimum atomic E-state index is -0.546. The molecular weight excluding hydrogens is 442 g/mol. The number of carbonyl (C=O) groups excluding carboxylic acids is 2. The van der Waals surface area contributed by atoms with Crippen molar-refractivity contribution in [1.82, 2.24) is 0 Å². The van der Waals surface area contributed by atoms with E-state index in [4.69, 9.17) is 18.9 Å². The van der Waals surface area contributed by atoms with Crippen molar-refractivity contribution in [1.29, 1.82) is 0 Å². The molecule has 0 bridgehead atoms. The molecule has 0 atom stereocenters. The van der Waals surface area contributed by atoms with Crippen molar-refractivity contribution in [3.05, 3.63) is 39.9 Å². The third kappa shape index (κ3) is 4.03. The van der Waals surface area contributed by atoms with Crippen molar-refractivity contribution in [2.45, 2.75) is 25.9 Å². The summed E-state index contributed by atoms with van der Waals surface area (Å²) in [4.78, 5) is 25.4. The summed E-state index contributed by atoms with van der Waals surface area (Å²) in [5.41, 5.74) is 0.675. The summed E-state index contributed by atoms with van der Waals surface area (Å²) in [6, 6.07) is 6.55. The maximum Gasteiger partial charge on any atom is 0.257 e. The number of benzene rings is 2. The Labute approximate surface area is 177 Å². The second kappa shape index (κ2) is 7.94. The maximum atomic E-state index is 12.9. The van der Waals surface area contributed by atoms with Gasteiger partial charge in [-0.25, -0.2) is 0 Å². The molecule has 0 unspecified atom stereocenters. The number of Topliss-reactive ketones (excluding diaryl/α,β-unsaturated/α-hetero) is 1. The Bertz CT molecular complexity index is 986.